The van der Waals surface area contributed by atoms with Gasteiger partial charge in [-0.25, -0.2) is 9.59 Å². The molecule has 0 aliphatic carbocycles. The number of carbonyl (C=O) groups excluding carboxylic acids is 2. The van der Waals surface area contributed by atoms with E-state index in [0.717, 1.165) is 24.3 Å². The Balaban J connectivity index is 1.98. The van der Waals surface area contributed by atoms with Crippen LogP contribution in [0.5, 0.6) is 0 Å². The molecule has 7 nitrogen and oxygen atoms in total. The number of nitrogens with zero attached hydrogens (tertiary/aromatic N) is 2. The minimum atomic E-state index is -1.18. The highest BCUT2D eigenvalue weighted by Gasteiger charge is 2.31. The predicted molar refractivity (Wildman–Crippen MR) is 88.4 cm³/mol. The van der Waals surface area contributed by atoms with Gasteiger partial charge in [0.1, 0.15) is 0 Å². The fourth-order valence-electron chi connectivity index (χ4n) is 2.64. The lowest BCUT2D eigenvalue weighted by Gasteiger charge is -2.33. The highest BCUT2D eigenvalue weighted by Crippen LogP contribution is 2.14. The van der Waals surface area contributed by atoms with E-state index < -0.39 is 18.0 Å². The van der Waals surface area contributed by atoms with E-state index in [1.165, 1.54) is 0 Å². The summed E-state index contributed by atoms with van der Waals surface area (Å²) >= 11 is 0. The average molecular weight is 333 g/mol. The molecule has 1 aliphatic heterocycles. The van der Waals surface area contributed by atoms with Gasteiger partial charge in [-0.3, -0.25) is 14.6 Å². The number of urea groups is 1. The number of amides is 3. The highest BCUT2D eigenvalue weighted by molar-refractivity contribution is 5.97. The minimum absolute atomic E-state index is 0.191. The molecule has 1 aromatic rings. The summed E-state index contributed by atoms with van der Waals surface area (Å²) in [6.07, 6.45) is 2.06. The molecule has 1 fully saturated rings. The Labute approximate surface area is 141 Å². The summed E-state index contributed by atoms with van der Waals surface area (Å²) in [5, 5.41) is 11.8. The van der Waals surface area contributed by atoms with E-state index in [4.69, 9.17) is 0 Å². The summed E-state index contributed by atoms with van der Waals surface area (Å²) in [4.78, 5) is 39.1. The first-order chi connectivity index (χ1) is 11.5. The van der Waals surface area contributed by atoms with E-state index >= 15 is 0 Å². The van der Waals surface area contributed by atoms with Gasteiger partial charge in [0, 0.05) is 13.1 Å². The van der Waals surface area contributed by atoms with Gasteiger partial charge in [-0.1, -0.05) is 43.7 Å². The van der Waals surface area contributed by atoms with Gasteiger partial charge in [0.2, 0.25) is 5.91 Å². The number of nitrogens with one attached hydrogen (secondary N) is 1. The molecule has 1 atom stereocenters. The number of rotatable bonds is 6. The van der Waals surface area contributed by atoms with E-state index in [2.05, 4.69) is 12.2 Å². The zero-order valence-corrected chi connectivity index (χ0v) is 13.8. The molecule has 3 amide bonds. The Hall–Kier alpha value is -2.41. The number of aliphatic carboxylic acids is 1. The van der Waals surface area contributed by atoms with E-state index in [1.54, 1.807) is 30.3 Å². The smallest absolute Gasteiger partial charge is 0.330 e. The maximum atomic E-state index is 12.3. The molecule has 0 spiro atoms. The first-order valence-electron chi connectivity index (χ1n) is 8.14. The molecule has 1 saturated heterocycles. The summed E-state index contributed by atoms with van der Waals surface area (Å²) < 4.78 is 0. The predicted octanol–water partition coefficient (Wildman–Crippen LogP) is 1.47. The number of hydrogen-bond donors (Lipinski definition) is 2. The molecule has 0 bridgehead atoms. The van der Waals surface area contributed by atoms with E-state index in [-0.39, 0.29) is 19.0 Å². The summed E-state index contributed by atoms with van der Waals surface area (Å²) in [5.74, 6) is -1.46. The molecule has 1 unspecified atom stereocenters. The van der Waals surface area contributed by atoms with Gasteiger partial charge < -0.3 is 10.4 Å². The fraction of sp³-hybridized carbons (Fsp3) is 0.471. The second-order valence-electron chi connectivity index (χ2n) is 5.81. The van der Waals surface area contributed by atoms with Crippen LogP contribution in [0, 0.1) is 0 Å². The lowest BCUT2D eigenvalue weighted by Crippen LogP contribution is -2.56. The number of carbonyl (C=O) groups is 3. The molecule has 7 heteroatoms. The Bertz CT molecular complexity index is 591. The van der Waals surface area contributed by atoms with Crippen molar-refractivity contribution in [3.05, 3.63) is 35.9 Å². The second kappa shape index (κ2) is 8.44. The van der Waals surface area contributed by atoms with Crippen LogP contribution in [0.3, 0.4) is 0 Å². The third kappa shape index (κ3) is 4.55. The third-order valence-corrected chi connectivity index (χ3v) is 4.02. The monoisotopic (exact) mass is 333 g/mol. The van der Waals surface area contributed by atoms with Crippen molar-refractivity contribution in [2.75, 3.05) is 26.2 Å². The summed E-state index contributed by atoms with van der Waals surface area (Å²) in [6.45, 7) is 3.99. The third-order valence-electron chi connectivity index (χ3n) is 4.02. The van der Waals surface area contributed by atoms with Gasteiger partial charge in [-0.2, -0.15) is 0 Å². The number of unbranched alkanes of at least 4 members (excludes halogenated alkanes) is 1. The SMILES string of the molecule is CCCCN1CCN(C(=O)NC(C(=O)O)c2ccccc2)C(=O)C1. The largest absolute Gasteiger partial charge is 0.479 e. The molecular weight excluding hydrogens is 310 g/mol. The van der Waals surface area contributed by atoms with E-state index in [1.807, 2.05) is 4.90 Å². The van der Waals surface area contributed by atoms with Crippen LogP contribution >= 0.6 is 0 Å². The lowest BCUT2D eigenvalue weighted by molar-refractivity contribution is -0.140. The van der Waals surface area contributed by atoms with Gasteiger partial charge in [-0.15, -0.1) is 0 Å². The van der Waals surface area contributed by atoms with Crippen LogP contribution < -0.4 is 5.32 Å². The van der Waals surface area contributed by atoms with Crippen LogP contribution in [-0.2, 0) is 9.59 Å². The van der Waals surface area contributed by atoms with Crippen molar-refractivity contribution < 1.29 is 19.5 Å². The average Bonchev–Trinajstić information content (AvgIpc) is 2.58. The van der Waals surface area contributed by atoms with Crippen LogP contribution in [0.25, 0.3) is 0 Å². The van der Waals surface area contributed by atoms with Crippen molar-refractivity contribution in [3.63, 3.8) is 0 Å². The first kappa shape index (κ1) is 17.9. The molecule has 0 saturated carbocycles. The molecule has 0 radical (unpaired) electrons. The molecule has 24 heavy (non-hydrogen) atoms. The highest BCUT2D eigenvalue weighted by atomic mass is 16.4. The van der Waals surface area contributed by atoms with Gasteiger partial charge >= 0.3 is 12.0 Å². The van der Waals surface area contributed by atoms with Gasteiger partial charge in [0.25, 0.3) is 0 Å². The Morgan fingerprint density at radius 3 is 2.54 bits per heavy atom. The summed E-state index contributed by atoms with van der Waals surface area (Å²) in [6, 6.07) is 6.59. The van der Waals surface area contributed by atoms with Crippen molar-refractivity contribution in [1.29, 1.82) is 0 Å². The number of hydrogen-bond acceptors (Lipinski definition) is 4. The molecule has 0 aromatic heterocycles. The molecule has 130 valence electrons. The maximum absolute atomic E-state index is 12.3. The Morgan fingerprint density at radius 2 is 1.96 bits per heavy atom. The fourth-order valence-corrected chi connectivity index (χ4v) is 2.64. The Morgan fingerprint density at radius 1 is 1.25 bits per heavy atom. The van der Waals surface area contributed by atoms with Gasteiger partial charge in [0.05, 0.1) is 6.54 Å². The zero-order valence-electron chi connectivity index (χ0n) is 13.8. The standard InChI is InChI=1S/C17H23N3O4/c1-2-3-9-19-10-11-20(14(21)12-19)17(24)18-15(16(22)23)13-7-5-4-6-8-13/h4-8,15H,2-3,9-12H2,1H3,(H,18,24)(H,22,23). The molecule has 1 aliphatic rings. The number of carboxylic acid groups (broad SMARTS) is 1. The van der Waals surface area contributed by atoms with Crippen molar-refractivity contribution in [1.82, 2.24) is 15.1 Å². The number of imide groups is 1. The van der Waals surface area contributed by atoms with Crippen LogP contribution in [0.4, 0.5) is 4.79 Å². The van der Waals surface area contributed by atoms with Crippen LogP contribution in [-0.4, -0.2) is 59.0 Å². The molecule has 2 rings (SSSR count). The van der Waals surface area contributed by atoms with E-state index in [9.17, 15) is 19.5 Å². The number of piperazine rings is 1. The van der Waals surface area contributed by atoms with Crippen LogP contribution in [0.1, 0.15) is 31.4 Å². The van der Waals surface area contributed by atoms with Gasteiger partial charge in [0.15, 0.2) is 6.04 Å². The molecule has 1 aromatic carbocycles. The van der Waals surface area contributed by atoms with Crippen LogP contribution in [0.15, 0.2) is 30.3 Å². The summed E-state index contributed by atoms with van der Waals surface area (Å²) in [5.41, 5.74) is 0.465. The minimum Gasteiger partial charge on any atom is -0.479 e. The van der Waals surface area contributed by atoms with Gasteiger partial charge in [-0.05, 0) is 18.5 Å². The second-order valence-corrected chi connectivity index (χ2v) is 5.81. The molecule has 2 N–H and O–H groups in total. The van der Waals surface area contributed by atoms with Crippen molar-refractivity contribution in [3.8, 4) is 0 Å². The maximum Gasteiger partial charge on any atom is 0.330 e. The number of benzene rings is 1. The lowest BCUT2D eigenvalue weighted by atomic mass is 10.1. The van der Waals surface area contributed by atoms with Crippen molar-refractivity contribution in [2.45, 2.75) is 25.8 Å². The normalized spacial score (nSPS) is 16.7. The summed E-state index contributed by atoms with van der Waals surface area (Å²) in [7, 11) is 0. The van der Waals surface area contributed by atoms with E-state index in [0.29, 0.717) is 12.1 Å². The quantitative estimate of drug-likeness (QED) is 0.823. The Kier molecular flexibility index (Phi) is 6.31. The van der Waals surface area contributed by atoms with Crippen molar-refractivity contribution >= 4 is 17.9 Å². The molecule has 1 heterocycles. The van der Waals surface area contributed by atoms with Crippen molar-refractivity contribution in [2.24, 2.45) is 0 Å². The zero-order chi connectivity index (χ0) is 17.5. The molecular formula is C17H23N3O4. The van der Waals surface area contributed by atoms with Crippen LogP contribution in [0.2, 0.25) is 0 Å². The topological polar surface area (TPSA) is 89.9 Å². The number of carboxylic acids is 1. The first-order valence-corrected chi connectivity index (χ1v) is 8.14.